The zero-order valence-electron chi connectivity index (χ0n) is 11.7. The van der Waals surface area contributed by atoms with Gasteiger partial charge in [0, 0.05) is 6.42 Å². The van der Waals surface area contributed by atoms with E-state index in [-0.39, 0.29) is 17.8 Å². The van der Waals surface area contributed by atoms with Crippen LogP contribution in [0.2, 0.25) is 0 Å². The smallest absolute Gasteiger partial charge is 0.306 e. The number of fused-ring (bicyclic) bond motifs is 1. The van der Waals surface area contributed by atoms with E-state index in [4.69, 9.17) is 9.84 Å². The van der Waals surface area contributed by atoms with Gasteiger partial charge in [0.2, 0.25) is 0 Å². The van der Waals surface area contributed by atoms with E-state index in [0.717, 1.165) is 19.3 Å². The molecule has 20 heavy (non-hydrogen) atoms. The van der Waals surface area contributed by atoms with Crippen LogP contribution in [0.25, 0.3) is 0 Å². The van der Waals surface area contributed by atoms with Gasteiger partial charge in [-0.2, -0.15) is 0 Å². The lowest BCUT2D eigenvalue weighted by molar-refractivity contribution is -0.145. The molecular weight excluding hydrogens is 256 g/mol. The summed E-state index contributed by atoms with van der Waals surface area (Å²) in [5.74, 6) is -1.07. The van der Waals surface area contributed by atoms with Crippen LogP contribution in [-0.2, 0) is 27.2 Å². The minimum atomic E-state index is -0.812. The van der Waals surface area contributed by atoms with Crippen LogP contribution in [0.5, 0.6) is 0 Å². The summed E-state index contributed by atoms with van der Waals surface area (Å²) in [5, 5.41) is 8.93. The van der Waals surface area contributed by atoms with Crippen molar-refractivity contribution in [1.82, 2.24) is 0 Å². The van der Waals surface area contributed by atoms with Crippen LogP contribution in [0.4, 0.5) is 0 Å². The fourth-order valence-corrected chi connectivity index (χ4v) is 3.07. The monoisotopic (exact) mass is 276 g/mol. The van der Waals surface area contributed by atoms with Crippen LogP contribution in [0.3, 0.4) is 0 Å². The van der Waals surface area contributed by atoms with E-state index >= 15 is 0 Å². The molecule has 2 rings (SSSR count). The molecule has 4 heteroatoms. The Morgan fingerprint density at radius 2 is 2.00 bits per heavy atom. The molecule has 0 heterocycles. The first-order valence-corrected chi connectivity index (χ1v) is 6.90. The second kappa shape index (κ2) is 6.07. The van der Waals surface area contributed by atoms with Crippen LogP contribution < -0.4 is 0 Å². The number of esters is 1. The highest BCUT2D eigenvalue weighted by Crippen LogP contribution is 2.42. The Kier molecular flexibility index (Phi) is 4.42. The first-order valence-electron chi connectivity index (χ1n) is 6.90. The van der Waals surface area contributed by atoms with E-state index in [1.165, 1.54) is 18.2 Å². The van der Waals surface area contributed by atoms with Crippen LogP contribution >= 0.6 is 0 Å². The SMILES string of the molecule is COC(=O)C[C@]1(CCC(=O)O)CCc2ccccc2C1. The number of carbonyl (C=O) groups is 2. The second-order valence-corrected chi connectivity index (χ2v) is 5.59. The number of hydrogen-bond donors (Lipinski definition) is 1. The van der Waals surface area contributed by atoms with Crippen LogP contribution in [0.15, 0.2) is 24.3 Å². The number of hydrogen-bond acceptors (Lipinski definition) is 3. The first-order chi connectivity index (χ1) is 9.54. The fraction of sp³-hybridized carbons (Fsp3) is 0.500. The van der Waals surface area contributed by atoms with Gasteiger partial charge in [0.1, 0.15) is 0 Å². The topological polar surface area (TPSA) is 63.6 Å². The minimum absolute atomic E-state index is 0.0964. The molecule has 0 fully saturated rings. The van der Waals surface area contributed by atoms with Crippen molar-refractivity contribution in [3.8, 4) is 0 Å². The molecule has 0 aliphatic heterocycles. The average Bonchev–Trinajstić information content (AvgIpc) is 2.45. The van der Waals surface area contributed by atoms with Gasteiger partial charge < -0.3 is 9.84 Å². The van der Waals surface area contributed by atoms with Gasteiger partial charge in [-0.05, 0) is 42.2 Å². The molecule has 0 radical (unpaired) electrons. The maximum Gasteiger partial charge on any atom is 0.306 e. The molecule has 1 aliphatic carbocycles. The van der Waals surface area contributed by atoms with Gasteiger partial charge in [0.05, 0.1) is 13.5 Å². The quantitative estimate of drug-likeness (QED) is 0.840. The maximum atomic E-state index is 11.7. The number of ether oxygens (including phenoxy) is 1. The largest absolute Gasteiger partial charge is 0.481 e. The van der Waals surface area contributed by atoms with E-state index < -0.39 is 5.97 Å². The van der Waals surface area contributed by atoms with Crippen LogP contribution in [0.1, 0.15) is 36.8 Å². The second-order valence-electron chi connectivity index (χ2n) is 5.59. The van der Waals surface area contributed by atoms with E-state index in [1.807, 2.05) is 12.1 Å². The Labute approximate surface area is 118 Å². The van der Waals surface area contributed by atoms with Crippen molar-refractivity contribution >= 4 is 11.9 Å². The molecule has 1 atom stereocenters. The Hall–Kier alpha value is -1.84. The highest BCUT2D eigenvalue weighted by Gasteiger charge is 2.36. The predicted octanol–water partition coefficient (Wildman–Crippen LogP) is 2.59. The minimum Gasteiger partial charge on any atom is -0.481 e. The normalized spacial score (nSPS) is 21.1. The third kappa shape index (κ3) is 3.38. The fourth-order valence-electron chi connectivity index (χ4n) is 3.07. The van der Waals surface area contributed by atoms with E-state index in [2.05, 4.69) is 12.1 Å². The Balaban J connectivity index is 2.20. The standard InChI is InChI=1S/C16H20O4/c1-20-15(19)11-16(9-7-14(17)18)8-6-12-4-2-3-5-13(12)10-16/h2-5H,6-11H2,1H3,(H,17,18)/t16-/m0/s1. The molecule has 0 amide bonds. The number of aryl methyl sites for hydroxylation is 1. The van der Waals surface area contributed by atoms with Crippen molar-refractivity contribution < 1.29 is 19.4 Å². The molecule has 0 spiro atoms. The van der Waals surface area contributed by atoms with E-state index in [9.17, 15) is 9.59 Å². The van der Waals surface area contributed by atoms with Gasteiger partial charge in [0.25, 0.3) is 0 Å². The maximum absolute atomic E-state index is 11.7. The molecule has 0 unspecified atom stereocenters. The van der Waals surface area contributed by atoms with Gasteiger partial charge in [0.15, 0.2) is 0 Å². The lowest BCUT2D eigenvalue weighted by Crippen LogP contribution is -2.32. The van der Waals surface area contributed by atoms with Crippen molar-refractivity contribution in [1.29, 1.82) is 0 Å². The highest BCUT2D eigenvalue weighted by molar-refractivity contribution is 5.71. The number of aliphatic carboxylic acids is 1. The van der Waals surface area contributed by atoms with E-state index in [0.29, 0.717) is 12.8 Å². The van der Waals surface area contributed by atoms with Crippen LogP contribution in [0, 0.1) is 5.41 Å². The molecule has 4 nitrogen and oxygen atoms in total. The summed E-state index contributed by atoms with van der Waals surface area (Å²) in [7, 11) is 1.38. The summed E-state index contributed by atoms with van der Waals surface area (Å²) in [4.78, 5) is 22.5. The van der Waals surface area contributed by atoms with Crippen molar-refractivity contribution in [3.05, 3.63) is 35.4 Å². The summed E-state index contributed by atoms with van der Waals surface area (Å²) in [6.07, 6.45) is 3.40. The first kappa shape index (κ1) is 14.6. The Morgan fingerprint density at radius 1 is 1.30 bits per heavy atom. The molecule has 1 aromatic carbocycles. The highest BCUT2D eigenvalue weighted by atomic mass is 16.5. The molecule has 108 valence electrons. The average molecular weight is 276 g/mol. The number of carbonyl (C=O) groups excluding carboxylic acids is 1. The molecule has 0 saturated carbocycles. The summed E-state index contributed by atoms with van der Waals surface area (Å²) in [6.45, 7) is 0. The van der Waals surface area contributed by atoms with Gasteiger partial charge in [-0.15, -0.1) is 0 Å². The summed E-state index contributed by atoms with van der Waals surface area (Å²) < 4.78 is 4.79. The summed E-state index contributed by atoms with van der Waals surface area (Å²) in [6, 6.07) is 8.18. The molecular formula is C16H20O4. The van der Waals surface area contributed by atoms with Crippen molar-refractivity contribution in [2.75, 3.05) is 7.11 Å². The molecule has 0 aromatic heterocycles. The number of carboxylic acids is 1. The molecule has 0 saturated heterocycles. The van der Waals surface area contributed by atoms with E-state index in [1.54, 1.807) is 0 Å². The van der Waals surface area contributed by atoms with Crippen molar-refractivity contribution in [3.63, 3.8) is 0 Å². The number of carboxylic acid groups (broad SMARTS) is 1. The zero-order valence-corrected chi connectivity index (χ0v) is 11.7. The lowest BCUT2D eigenvalue weighted by atomic mass is 9.67. The third-order valence-electron chi connectivity index (χ3n) is 4.22. The van der Waals surface area contributed by atoms with Gasteiger partial charge >= 0.3 is 11.9 Å². The van der Waals surface area contributed by atoms with Crippen molar-refractivity contribution in [2.24, 2.45) is 5.41 Å². The Bertz CT molecular complexity index is 509. The number of rotatable bonds is 5. The molecule has 1 aromatic rings. The zero-order chi connectivity index (χ0) is 14.6. The number of methoxy groups -OCH3 is 1. The lowest BCUT2D eigenvalue weighted by Gasteiger charge is -2.37. The summed E-state index contributed by atoms with van der Waals surface area (Å²) >= 11 is 0. The van der Waals surface area contributed by atoms with Gasteiger partial charge in [-0.1, -0.05) is 24.3 Å². The Morgan fingerprint density at radius 3 is 2.65 bits per heavy atom. The van der Waals surface area contributed by atoms with Gasteiger partial charge in [-0.3, -0.25) is 9.59 Å². The summed E-state index contributed by atoms with van der Waals surface area (Å²) in [5.41, 5.74) is 2.26. The molecule has 1 aliphatic rings. The van der Waals surface area contributed by atoms with Crippen molar-refractivity contribution in [2.45, 2.75) is 38.5 Å². The predicted molar refractivity (Wildman–Crippen MR) is 74.4 cm³/mol. The van der Waals surface area contributed by atoms with Gasteiger partial charge in [-0.25, -0.2) is 0 Å². The number of benzene rings is 1. The molecule has 0 bridgehead atoms. The third-order valence-corrected chi connectivity index (χ3v) is 4.22. The molecule has 1 N–H and O–H groups in total. The van der Waals surface area contributed by atoms with Crippen LogP contribution in [-0.4, -0.2) is 24.2 Å².